The van der Waals surface area contributed by atoms with Gasteiger partial charge in [-0.3, -0.25) is 15.0 Å². The fourth-order valence-electron chi connectivity index (χ4n) is 2.93. The average molecular weight is 405 g/mol. The summed E-state index contributed by atoms with van der Waals surface area (Å²) < 4.78 is 11.2. The van der Waals surface area contributed by atoms with E-state index in [1.807, 2.05) is 19.1 Å². The highest BCUT2D eigenvalue weighted by atomic mass is 16.5. The topological polar surface area (TPSA) is 103 Å². The van der Waals surface area contributed by atoms with E-state index in [1.165, 1.54) is 11.1 Å². The van der Waals surface area contributed by atoms with Crippen molar-refractivity contribution in [3.63, 3.8) is 0 Å². The first-order chi connectivity index (χ1) is 14.3. The van der Waals surface area contributed by atoms with E-state index in [0.717, 1.165) is 17.9 Å². The molecule has 0 spiro atoms. The van der Waals surface area contributed by atoms with Gasteiger partial charge in [-0.2, -0.15) is 4.98 Å². The summed E-state index contributed by atoms with van der Waals surface area (Å²) in [6, 6.07) is 3.84. The Balaban J connectivity index is 1.52. The zero-order chi connectivity index (χ0) is 21.3. The summed E-state index contributed by atoms with van der Waals surface area (Å²) >= 11 is 0. The van der Waals surface area contributed by atoms with E-state index >= 15 is 0 Å². The van der Waals surface area contributed by atoms with E-state index in [-0.39, 0.29) is 0 Å². The molecule has 0 atom stereocenters. The molecule has 0 aromatic carbocycles. The standard InChI is InChI=1S/C22H23N5O3/c1-13-23-9-17(19-10-26-20(11-25-19)22(2,3)28)21(27-13)30-12-14-7-16(14)18-6-5-15(29-4)8-24-18/h5-6,8-11,28H,7,12H2,1-4H3. The van der Waals surface area contributed by atoms with Gasteiger partial charge in [0.05, 0.1) is 48.3 Å². The number of allylic oxidation sites excluding steroid dienone is 1. The second-order valence-corrected chi connectivity index (χ2v) is 7.61. The van der Waals surface area contributed by atoms with Crippen molar-refractivity contribution in [2.75, 3.05) is 13.7 Å². The molecule has 30 heavy (non-hydrogen) atoms. The van der Waals surface area contributed by atoms with Crippen molar-refractivity contribution in [2.24, 2.45) is 0 Å². The summed E-state index contributed by atoms with van der Waals surface area (Å²) in [6.45, 7) is 5.56. The Kier molecular flexibility index (Phi) is 5.17. The number of aromatic nitrogens is 5. The molecule has 1 N–H and O–H groups in total. The lowest BCUT2D eigenvalue weighted by atomic mass is 10.1. The van der Waals surface area contributed by atoms with Crippen molar-refractivity contribution < 1.29 is 14.6 Å². The Bertz CT molecular complexity index is 1090. The minimum absolute atomic E-state index is 0.418. The molecule has 154 valence electrons. The Morgan fingerprint density at radius 2 is 1.80 bits per heavy atom. The van der Waals surface area contributed by atoms with Crippen molar-refractivity contribution in [1.82, 2.24) is 24.9 Å². The second-order valence-electron chi connectivity index (χ2n) is 7.61. The summed E-state index contributed by atoms with van der Waals surface area (Å²) in [6.07, 6.45) is 7.39. The Morgan fingerprint density at radius 3 is 2.43 bits per heavy atom. The monoisotopic (exact) mass is 405 g/mol. The predicted octanol–water partition coefficient (Wildman–Crippen LogP) is 3.11. The third-order valence-corrected chi connectivity index (χ3v) is 4.79. The number of methoxy groups -OCH3 is 1. The van der Waals surface area contributed by atoms with Crippen LogP contribution in [-0.4, -0.2) is 43.7 Å². The smallest absolute Gasteiger partial charge is 0.226 e. The lowest BCUT2D eigenvalue weighted by Crippen LogP contribution is -2.17. The molecule has 3 aromatic heterocycles. The Morgan fingerprint density at radius 1 is 1.00 bits per heavy atom. The van der Waals surface area contributed by atoms with Gasteiger partial charge in [0.1, 0.15) is 23.8 Å². The van der Waals surface area contributed by atoms with E-state index < -0.39 is 5.60 Å². The van der Waals surface area contributed by atoms with E-state index in [2.05, 4.69) is 24.9 Å². The maximum Gasteiger partial charge on any atom is 0.226 e. The number of rotatable bonds is 7. The molecular weight excluding hydrogens is 382 g/mol. The molecule has 1 aliphatic carbocycles. The minimum Gasteiger partial charge on any atom is -0.495 e. The van der Waals surface area contributed by atoms with E-state index in [0.29, 0.717) is 35.3 Å². The van der Waals surface area contributed by atoms with Crippen molar-refractivity contribution >= 4 is 5.57 Å². The molecule has 0 fully saturated rings. The maximum absolute atomic E-state index is 10.1. The lowest BCUT2D eigenvalue weighted by Gasteiger charge is -2.16. The van der Waals surface area contributed by atoms with Crippen LogP contribution < -0.4 is 9.47 Å². The molecule has 0 amide bonds. The number of nitrogens with zero attached hydrogens (tertiary/aromatic N) is 5. The second kappa shape index (κ2) is 7.79. The first kappa shape index (κ1) is 19.9. The first-order valence-electron chi connectivity index (χ1n) is 9.58. The quantitative estimate of drug-likeness (QED) is 0.640. The van der Waals surface area contributed by atoms with Crippen LogP contribution in [0, 0.1) is 6.92 Å². The molecule has 8 nitrogen and oxygen atoms in total. The first-order valence-corrected chi connectivity index (χ1v) is 9.58. The molecule has 0 saturated carbocycles. The third-order valence-electron chi connectivity index (χ3n) is 4.79. The van der Waals surface area contributed by atoms with Crippen LogP contribution in [0.2, 0.25) is 0 Å². The molecule has 0 saturated heterocycles. The van der Waals surface area contributed by atoms with Crippen LogP contribution in [0.4, 0.5) is 0 Å². The van der Waals surface area contributed by atoms with E-state index in [1.54, 1.807) is 45.7 Å². The molecule has 0 bridgehead atoms. The third kappa shape index (κ3) is 4.28. The maximum atomic E-state index is 10.1. The number of pyridine rings is 1. The van der Waals surface area contributed by atoms with Gasteiger partial charge in [-0.05, 0) is 50.5 Å². The molecule has 3 heterocycles. The van der Waals surface area contributed by atoms with Crippen LogP contribution in [0.25, 0.3) is 16.8 Å². The molecular formula is C22H23N5O3. The van der Waals surface area contributed by atoms with Crippen LogP contribution in [-0.2, 0) is 5.60 Å². The zero-order valence-electron chi connectivity index (χ0n) is 17.4. The molecule has 3 aromatic rings. The number of aryl methyl sites for hydroxylation is 1. The summed E-state index contributed by atoms with van der Waals surface area (Å²) in [5, 5.41) is 10.1. The Labute approximate surface area is 174 Å². The highest BCUT2D eigenvalue weighted by molar-refractivity contribution is 5.81. The van der Waals surface area contributed by atoms with Crippen molar-refractivity contribution in [3.8, 4) is 22.9 Å². The largest absolute Gasteiger partial charge is 0.495 e. The molecule has 0 aliphatic heterocycles. The molecule has 0 radical (unpaired) electrons. The zero-order valence-corrected chi connectivity index (χ0v) is 17.4. The van der Waals surface area contributed by atoms with Gasteiger partial charge in [-0.15, -0.1) is 0 Å². The average Bonchev–Trinajstić information content (AvgIpc) is 3.51. The van der Waals surface area contributed by atoms with Gasteiger partial charge >= 0.3 is 0 Å². The van der Waals surface area contributed by atoms with Gasteiger partial charge in [0.15, 0.2) is 0 Å². The normalized spacial score (nSPS) is 13.4. The summed E-state index contributed by atoms with van der Waals surface area (Å²) in [4.78, 5) is 21.8. The summed E-state index contributed by atoms with van der Waals surface area (Å²) in [5.74, 6) is 1.79. The number of aliphatic hydroxyl groups is 1. The fourth-order valence-corrected chi connectivity index (χ4v) is 2.93. The van der Waals surface area contributed by atoms with Crippen LogP contribution in [0.1, 0.15) is 37.5 Å². The highest BCUT2D eigenvalue weighted by Gasteiger charge is 2.25. The van der Waals surface area contributed by atoms with Gasteiger partial charge < -0.3 is 14.6 Å². The van der Waals surface area contributed by atoms with Gasteiger partial charge in [-0.25, -0.2) is 4.98 Å². The van der Waals surface area contributed by atoms with Crippen molar-refractivity contribution in [3.05, 3.63) is 59.7 Å². The molecule has 1 aliphatic rings. The van der Waals surface area contributed by atoms with Gasteiger partial charge in [-0.1, -0.05) is 0 Å². The van der Waals surface area contributed by atoms with Crippen LogP contribution >= 0.6 is 0 Å². The SMILES string of the molecule is COc1ccc(C2=C(COc3nc(C)ncc3-c3cnc(C(C)(C)O)cn3)C2)nc1. The molecule has 4 rings (SSSR count). The summed E-state index contributed by atoms with van der Waals surface area (Å²) in [5.41, 5.74) is 3.96. The van der Waals surface area contributed by atoms with Crippen LogP contribution in [0.15, 0.2) is 42.5 Å². The minimum atomic E-state index is -1.06. The van der Waals surface area contributed by atoms with Gasteiger partial charge in [0.2, 0.25) is 5.88 Å². The van der Waals surface area contributed by atoms with E-state index in [9.17, 15) is 5.11 Å². The Hall–Kier alpha value is -3.39. The predicted molar refractivity (Wildman–Crippen MR) is 111 cm³/mol. The molecule has 8 heteroatoms. The van der Waals surface area contributed by atoms with E-state index in [4.69, 9.17) is 9.47 Å². The van der Waals surface area contributed by atoms with Crippen LogP contribution in [0.3, 0.4) is 0 Å². The van der Waals surface area contributed by atoms with Gasteiger partial charge in [0, 0.05) is 6.20 Å². The number of hydrogen-bond acceptors (Lipinski definition) is 8. The highest BCUT2D eigenvalue weighted by Crippen LogP contribution is 2.40. The van der Waals surface area contributed by atoms with Crippen LogP contribution in [0.5, 0.6) is 11.6 Å². The van der Waals surface area contributed by atoms with Crippen molar-refractivity contribution in [2.45, 2.75) is 32.8 Å². The van der Waals surface area contributed by atoms with Crippen molar-refractivity contribution in [1.29, 1.82) is 0 Å². The summed E-state index contributed by atoms with van der Waals surface area (Å²) in [7, 11) is 1.62. The fraction of sp³-hybridized carbons (Fsp3) is 0.318. The van der Waals surface area contributed by atoms with Gasteiger partial charge in [0.25, 0.3) is 0 Å². The molecule has 0 unspecified atom stereocenters. The lowest BCUT2D eigenvalue weighted by molar-refractivity contribution is 0.0734. The number of ether oxygens (including phenoxy) is 2. The number of hydrogen-bond donors (Lipinski definition) is 1.